The van der Waals surface area contributed by atoms with E-state index >= 15 is 0 Å². The summed E-state index contributed by atoms with van der Waals surface area (Å²) in [4.78, 5) is 44.6. The van der Waals surface area contributed by atoms with Gasteiger partial charge in [0.15, 0.2) is 16.6 Å². The molecule has 0 aliphatic rings. The third-order valence-corrected chi connectivity index (χ3v) is 8.95. The fraction of sp³-hybridized carbons (Fsp3) is 0.135. The predicted molar refractivity (Wildman–Crippen MR) is 197 cm³/mol. The minimum atomic E-state index is -0.546. The molecule has 0 atom stereocenters. The van der Waals surface area contributed by atoms with Crippen molar-refractivity contribution in [1.29, 1.82) is 0 Å². The lowest BCUT2D eigenvalue weighted by molar-refractivity contribution is -0.114. The van der Waals surface area contributed by atoms with Gasteiger partial charge in [0.1, 0.15) is 17.2 Å². The van der Waals surface area contributed by atoms with E-state index in [2.05, 4.69) is 20.9 Å². The van der Waals surface area contributed by atoms with Gasteiger partial charge in [-0.1, -0.05) is 18.2 Å². The van der Waals surface area contributed by atoms with Crippen molar-refractivity contribution in [2.45, 2.75) is 4.90 Å². The number of carbonyl (C=O) groups excluding carboxylic acids is 3. The van der Waals surface area contributed by atoms with E-state index in [1.165, 1.54) is 43.4 Å². The van der Waals surface area contributed by atoms with Gasteiger partial charge in [0.2, 0.25) is 5.91 Å². The fourth-order valence-electron chi connectivity index (χ4n) is 4.65. The third-order valence-electron chi connectivity index (χ3n) is 7.18. The van der Waals surface area contributed by atoms with Crippen LogP contribution in [0.25, 0.3) is 17.3 Å². The molecule has 4 aromatic carbocycles. The van der Waals surface area contributed by atoms with E-state index in [-0.39, 0.29) is 17.4 Å². The number of amides is 3. The Bertz CT molecular complexity index is 2000. The monoisotopic (exact) mass is 710 g/mol. The molecule has 0 saturated carbocycles. The van der Waals surface area contributed by atoms with E-state index < -0.39 is 11.8 Å². The highest BCUT2D eigenvalue weighted by Crippen LogP contribution is 2.34. The van der Waals surface area contributed by atoms with Gasteiger partial charge in [-0.25, -0.2) is 4.98 Å². The Morgan fingerprint density at radius 3 is 2.20 bits per heavy atom. The molecular formula is C37H34N4O7S2. The first-order chi connectivity index (χ1) is 24.3. The molecule has 0 aliphatic carbocycles. The molecule has 0 fully saturated rings. The van der Waals surface area contributed by atoms with Crippen LogP contribution in [0.5, 0.6) is 23.0 Å². The lowest BCUT2D eigenvalue weighted by Crippen LogP contribution is -2.30. The van der Waals surface area contributed by atoms with Gasteiger partial charge in [-0.2, -0.15) is 0 Å². The van der Waals surface area contributed by atoms with E-state index in [0.717, 1.165) is 10.5 Å². The lowest BCUT2D eigenvalue weighted by atomic mass is 10.1. The standard InChI is InChI=1S/C37H34N4O7S2/c1-45-27-13-17-31(46-2)25(18-27)19-29(39-35(43)23-8-6-5-7-9-23)36(44)38-26-11-14-28(15-12-26)49-22-34(42)41-37-40-30(21-50-37)24-10-16-32(47-3)33(20-24)48-4/h5-21H,22H2,1-4H3,(H,38,44)(H,39,43)(H,40,41,42)/b29-19-. The Hall–Kier alpha value is -5.79. The average Bonchev–Trinajstić information content (AvgIpc) is 3.62. The molecule has 0 saturated heterocycles. The highest BCUT2D eigenvalue weighted by atomic mass is 32.2. The molecular weight excluding hydrogens is 677 g/mol. The van der Waals surface area contributed by atoms with Crippen molar-refractivity contribution in [3.63, 3.8) is 0 Å². The minimum absolute atomic E-state index is 0.00278. The molecule has 11 nitrogen and oxygen atoms in total. The molecule has 256 valence electrons. The summed E-state index contributed by atoms with van der Waals surface area (Å²) in [5.41, 5.74) is 2.95. The van der Waals surface area contributed by atoms with E-state index in [9.17, 15) is 14.4 Å². The molecule has 0 bridgehead atoms. The normalized spacial score (nSPS) is 10.9. The summed E-state index contributed by atoms with van der Waals surface area (Å²) in [6.45, 7) is 0. The number of thioether (sulfide) groups is 1. The largest absolute Gasteiger partial charge is 0.497 e. The number of hydrogen-bond donors (Lipinski definition) is 3. The Morgan fingerprint density at radius 1 is 0.780 bits per heavy atom. The van der Waals surface area contributed by atoms with Gasteiger partial charge < -0.3 is 34.9 Å². The zero-order valence-corrected chi connectivity index (χ0v) is 29.3. The van der Waals surface area contributed by atoms with Gasteiger partial charge in [0.05, 0.1) is 39.9 Å². The fourth-order valence-corrected chi connectivity index (χ4v) is 6.08. The van der Waals surface area contributed by atoms with Crippen LogP contribution in [-0.4, -0.2) is 56.9 Å². The number of rotatable bonds is 14. The minimum Gasteiger partial charge on any atom is -0.497 e. The Morgan fingerprint density at radius 2 is 1.50 bits per heavy atom. The number of methoxy groups -OCH3 is 4. The van der Waals surface area contributed by atoms with Crippen LogP contribution in [0.4, 0.5) is 10.8 Å². The van der Waals surface area contributed by atoms with Crippen molar-refractivity contribution in [2.24, 2.45) is 0 Å². The third kappa shape index (κ3) is 9.21. The highest BCUT2D eigenvalue weighted by Gasteiger charge is 2.17. The van der Waals surface area contributed by atoms with E-state index in [4.69, 9.17) is 18.9 Å². The van der Waals surface area contributed by atoms with Gasteiger partial charge in [-0.3, -0.25) is 14.4 Å². The van der Waals surface area contributed by atoms with Gasteiger partial charge in [-0.15, -0.1) is 23.1 Å². The van der Waals surface area contributed by atoms with Crippen LogP contribution >= 0.6 is 23.1 Å². The quantitative estimate of drug-likeness (QED) is 0.0823. The summed E-state index contributed by atoms with van der Waals surface area (Å²) in [6.07, 6.45) is 1.53. The maximum atomic E-state index is 13.5. The summed E-state index contributed by atoms with van der Waals surface area (Å²) < 4.78 is 21.5. The molecule has 1 aromatic heterocycles. The number of anilines is 2. The molecule has 3 amide bonds. The van der Waals surface area contributed by atoms with Crippen LogP contribution in [0.15, 0.2) is 107 Å². The van der Waals surface area contributed by atoms with Crippen molar-refractivity contribution < 1.29 is 33.3 Å². The molecule has 0 aliphatic heterocycles. The number of nitrogens with one attached hydrogen (secondary N) is 3. The van der Waals surface area contributed by atoms with Crippen LogP contribution in [-0.2, 0) is 9.59 Å². The number of carbonyl (C=O) groups is 3. The molecule has 0 spiro atoms. The van der Waals surface area contributed by atoms with Gasteiger partial charge in [0.25, 0.3) is 11.8 Å². The Labute approximate surface area is 297 Å². The van der Waals surface area contributed by atoms with Crippen LogP contribution in [0.1, 0.15) is 15.9 Å². The number of ether oxygens (including phenoxy) is 4. The van der Waals surface area contributed by atoms with Gasteiger partial charge in [0, 0.05) is 32.7 Å². The van der Waals surface area contributed by atoms with Crippen molar-refractivity contribution in [3.05, 3.63) is 113 Å². The maximum absolute atomic E-state index is 13.5. The summed E-state index contributed by atoms with van der Waals surface area (Å²) in [6, 6.07) is 26.3. The summed E-state index contributed by atoms with van der Waals surface area (Å²) in [5.74, 6) is 1.19. The molecule has 50 heavy (non-hydrogen) atoms. The van der Waals surface area contributed by atoms with Gasteiger partial charge in [-0.05, 0) is 78.9 Å². The second kappa shape index (κ2) is 17.0. The number of nitrogens with zero attached hydrogens (tertiary/aromatic N) is 1. The topological polar surface area (TPSA) is 137 Å². The molecule has 3 N–H and O–H groups in total. The van der Waals surface area contributed by atoms with E-state index in [0.29, 0.717) is 50.6 Å². The van der Waals surface area contributed by atoms with Crippen molar-refractivity contribution in [2.75, 3.05) is 44.8 Å². The smallest absolute Gasteiger partial charge is 0.272 e. The SMILES string of the molecule is COc1ccc(OC)c(/C=C(\NC(=O)c2ccccc2)C(=O)Nc2ccc(SCC(=O)Nc3nc(-c4ccc(OC)c(OC)c4)cs3)cc2)c1. The molecule has 5 aromatic rings. The van der Waals surface area contributed by atoms with Crippen molar-refractivity contribution >= 4 is 57.7 Å². The Kier molecular flexibility index (Phi) is 12.1. The lowest BCUT2D eigenvalue weighted by Gasteiger charge is -2.13. The second-order valence-electron chi connectivity index (χ2n) is 10.4. The number of aromatic nitrogens is 1. The maximum Gasteiger partial charge on any atom is 0.272 e. The van der Waals surface area contributed by atoms with E-state index in [1.807, 2.05) is 17.5 Å². The molecule has 1 heterocycles. The Balaban J connectivity index is 1.22. The van der Waals surface area contributed by atoms with Crippen LogP contribution in [0.2, 0.25) is 0 Å². The predicted octanol–water partition coefficient (Wildman–Crippen LogP) is 6.98. The van der Waals surface area contributed by atoms with Crippen molar-refractivity contribution in [3.8, 4) is 34.3 Å². The van der Waals surface area contributed by atoms with Crippen molar-refractivity contribution in [1.82, 2.24) is 10.3 Å². The first kappa shape index (κ1) is 35.5. The molecule has 0 unspecified atom stereocenters. The van der Waals surface area contributed by atoms with E-state index in [1.54, 1.807) is 93.1 Å². The second-order valence-corrected chi connectivity index (χ2v) is 12.3. The van der Waals surface area contributed by atoms with Crippen LogP contribution < -0.4 is 34.9 Å². The first-order valence-corrected chi connectivity index (χ1v) is 17.0. The summed E-state index contributed by atoms with van der Waals surface area (Å²) in [7, 11) is 6.20. The van der Waals surface area contributed by atoms with Crippen LogP contribution in [0.3, 0.4) is 0 Å². The summed E-state index contributed by atoms with van der Waals surface area (Å²) >= 11 is 2.66. The van der Waals surface area contributed by atoms with Gasteiger partial charge >= 0.3 is 0 Å². The number of benzene rings is 4. The molecule has 5 rings (SSSR count). The molecule has 0 radical (unpaired) electrons. The highest BCUT2D eigenvalue weighted by molar-refractivity contribution is 8.00. The zero-order chi connectivity index (χ0) is 35.5. The zero-order valence-electron chi connectivity index (χ0n) is 27.6. The number of thiazole rings is 1. The first-order valence-electron chi connectivity index (χ1n) is 15.1. The van der Waals surface area contributed by atoms with Crippen LogP contribution in [0, 0.1) is 0 Å². The summed E-state index contributed by atoms with van der Waals surface area (Å²) in [5, 5.41) is 10.7. The average molecular weight is 711 g/mol. The molecule has 13 heteroatoms. The number of hydrogen-bond acceptors (Lipinski definition) is 10.